The molecule has 0 spiro atoms. The molecule has 13 aromatic carbocycles. The van der Waals surface area contributed by atoms with Gasteiger partial charge in [0, 0.05) is 60.3 Å². The fourth-order valence-electron chi connectivity index (χ4n) is 15.4. The van der Waals surface area contributed by atoms with Gasteiger partial charge in [-0.3, -0.25) is 0 Å². The summed E-state index contributed by atoms with van der Waals surface area (Å²) in [5, 5.41) is 11.9. The Morgan fingerprint density at radius 3 is 1.06 bits per heavy atom. The molecule has 0 saturated heterocycles. The van der Waals surface area contributed by atoms with Gasteiger partial charge in [-0.2, -0.15) is 0 Å². The minimum absolute atomic E-state index is 0.915. The van der Waals surface area contributed by atoms with Gasteiger partial charge in [0.05, 0.1) is 11.0 Å². The van der Waals surface area contributed by atoms with E-state index in [-0.39, 0.29) is 0 Å². The van der Waals surface area contributed by atoms with Crippen molar-refractivity contribution < 1.29 is 8.83 Å². The first-order valence-electron chi connectivity index (χ1n) is 30.5. The summed E-state index contributed by atoms with van der Waals surface area (Å²) in [7, 11) is 0. The summed E-state index contributed by atoms with van der Waals surface area (Å²) in [5.74, 6) is 0. The number of furan rings is 2. The van der Waals surface area contributed by atoms with E-state index in [1.165, 1.54) is 125 Å². The van der Waals surface area contributed by atoms with Crippen molar-refractivity contribution in [1.29, 1.82) is 0 Å². The van der Waals surface area contributed by atoms with Crippen LogP contribution in [0.3, 0.4) is 0 Å². The summed E-state index contributed by atoms with van der Waals surface area (Å²) in [6, 6.07) is 92.5. The second kappa shape index (κ2) is 19.2. The molecule has 3 heteroatoms. The van der Waals surface area contributed by atoms with Crippen LogP contribution >= 0.6 is 0 Å². The Kier molecular flexibility index (Phi) is 10.9. The quantitative estimate of drug-likeness (QED) is 0.149. The van der Waals surface area contributed by atoms with Crippen molar-refractivity contribution in [3.05, 3.63) is 271 Å². The molecule has 2 aliphatic rings. The average Bonchev–Trinajstić information content (AvgIpc) is 2.85. The third-order valence-electron chi connectivity index (χ3n) is 19.2. The summed E-state index contributed by atoms with van der Waals surface area (Å²) in [4.78, 5) is 0. The van der Waals surface area contributed by atoms with E-state index in [1.807, 2.05) is 0 Å². The zero-order chi connectivity index (χ0) is 55.7. The molecular formula is C82H57NO2. The standard InChI is InChI=1S/C82H57NO2/c1-2-20-52(21-3-1)77-63-26-8-10-28-65(63)78(66-29-11-9-27-64(66)77)53-40-44-56(45-41-53)83-75-46-42-54(59-30-14-36-69-71-38-16-34-67(81(71)84-79(59)69)61-32-12-22-50-18-4-6-24-57(50)61)48-73(75)74-49-55(43-47-76(74)83)60-31-15-37-70-72-39-17-35-68(82(72)85-80(60)70)62-33-13-23-51-19-5-7-25-58(51)62/h1-3,8-17,20-23,26-49H,4-7,18-19,24-25H2. The Labute approximate surface area is 492 Å². The molecule has 16 aromatic rings. The highest BCUT2D eigenvalue weighted by Crippen LogP contribution is 2.48. The molecule has 3 aromatic heterocycles. The Hall–Kier alpha value is -10.2. The Balaban J connectivity index is 0.826. The lowest BCUT2D eigenvalue weighted by molar-refractivity contribution is 0.669. The summed E-state index contributed by atoms with van der Waals surface area (Å²) in [6.45, 7) is 0. The number of aryl methyl sites for hydroxylation is 2. The van der Waals surface area contributed by atoms with Gasteiger partial charge in [-0.25, -0.2) is 0 Å². The highest BCUT2D eigenvalue weighted by molar-refractivity contribution is 6.22. The Morgan fingerprint density at radius 2 is 0.600 bits per heavy atom. The lowest BCUT2D eigenvalue weighted by Crippen LogP contribution is -2.04. The number of para-hydroxylation sites is 4. The largest absolute Gasteiger partial charge is 0.455 e. The lowest BCUT2D eigenvalue weighted by Gasteiger charge is -2.19. The lowest BCUT2D eigenvalue weighted by atomic mass is 9.85. The minimum atomic E-state index is 0.915. The van der Waals surface area contributed by atoms with E-state index in [1.54, 1.807) is 0 Å². The molecule has 0 atom stereocenters. The molecule has 0 radical (unpaired) electrons. The molecule has 18 rings (SSSR count). The van der Waals surface area contributed by atoms with Crippen LogP contribution in [0.2, 0.25) is 0 Å². The molecule has 0 aliphatic heterocycles. The number of fused-ring (bicyclic) bond motifs is 13. The third kappa shape index (κ3) is 7.46. The number of hydrogen-bond acceptors (Lipinski definition) is 2. The van der Waals surface area contributed by atoms with Gasteiger partial charge in [0.25, 0.3) is 0 Å². The molecule has 3 nitrogen and oxygen atoms in total. The molecule has 0 unspecified atom stereocenters. The highest BCUT2D eigenvalue weighted by Gasteiger charge is 2.25. The van der Waals surface area contributed by atoms with Crippen LogP contribution in [0.25, 0.3) is 160 Å². The number of hydrogen-bond donors (Lipinski definition) is 0. The van der Waals surface area contributed by atoms with Gasteiger partial charge >= 0.3 is 0 Å². The fraction of sp³-hybridized carbons (Fsp3) is 0.0976. The summed E-state index contributed by atoms with van der Waals surface area (Å²) < 4.78 is 16.9. The van der Waals surface area contributed by atoms with Crippen LogP contribution in [0.4, 0.5) is 0 Å². The Morgan fingerprint density at radius 1 is 0.247 bits per heavy atom. The van der Waals surface area contributed by atoms with Gasteiger partial charge in [0.15, 0.2) is 0 Å². The number of rotatable bonds is 7. The maximum absolute atomic E-state index is 7.21. The van der Waals surface area contributed by atoms with Gasteiger partial charge in [-0.15, -0.1) is 0 Å². The molecule has 2 aliphatic carbocycles. The normalized spacial score (nSPS) is 13.5. The van der Waals surface area contributed by atoms with Crippen molar-refractivity contribution in [2.45, 2.75) is 51.4 Å². The van der Waals surface area contributed by atoms with E-state index in [0.29, 0.717) is 0 Å². The van der Waals surface area contributed by atoms with Gasteiger partial charge < -0.3 is 13.4 Å². The van der Waals surface area contributed by atoms with Crippen LogP contribution in [-0.4, -0.2) is 4.57 Å². The van der Waals surface area contributed by atoms with Gasteiger partial charge in [0.2, 0.25) is 0 Å². The third-order valence-corrected chi connectivity index (χ3v) is 19.2. The molecular weight excluding hydrogens is 1030 g/mol. The molecule has 0 fully saturated rings. The first-order chi connectivity index (χ1) is 42.2. The monoisotopic (exact) mass is 1090 g/mol. The molecule has 0 N–H and O–H groups in total. The van der Waals surface area contributed by atoms with Crippen molar-refractivity contribution in [3.63, 3.8) is 0 Å². The summed E-state index contributed by atoms with van der Waals surface area (Å²) in [6.07, 6.45) is 9.44. The van der Waals surface area contributed by atoms with Gasteiger partial charge in [-0.1, -0.05) is 212 Å². The van der Waals surface area contributed by atoms with Crippen LogP contribution in [0.5, 0.6) is 0 Å². The maximum atomic E-state index is 7.21. The zero-order valence-electron chi connectivity index (χ0n) is 47.1. The van der Waals surface area contributed by atoms with Crippen LogP contribution in [-0.2, 0) is 25.7 Å². The molecule has 402 valence electrons. The molecule has 3 heterocycles. The van der Waals surface area contributed by atoms with Crippen molar-refractivity contribution in [1.82, 2.24) is 4.57 Å². The Bertz CT molecular complexity index is 5130. The number of benzene rings is 13. The van der Waals surface area contributed by atoms with Crippen LogP contribution in [0, 0.1) is 0 Å². The van der Waals surface area contributed by atoms with E-state index in [2.05, 4.69) is 253 Å². The van der Waals surface area contributed by atoms with Gasteiger partial charge in [0.1, 0.15) is 22.3 Å². The van der Waals surface area contributed by atoms with Crippen LogP contribution < -0.4 is 0 Å². The maximum Gasteiger partial charge on any atom is 0.143 e. The highest BCUT2D eigenvalue weighted by atomic mass is 16.3. The van der Waals surface area contributed by atoms with E-state index in [0.717, 1.165) is 109 Å². The number of aromatic nitrogens is 1. The fourth-order valence-corrected chi connectivity index (χ4v) is 15.4. The van der Waals surface area contributed by atoms with E-state index < -0.39 is 0 Å². The molecule has 0 saturated carbocycles. The first kappa shape index (κ1) is 48.3. The van der Waals surface area contributed by atoms with Crippen molar-refractivity contribution in [2.24, 2.45) is 0 Å². The molecule has 85 heavy (non-hydrogen) atoms. The van der Waals surface area contributed by atoms with Gasteiger partial charge in [-0.05, 0) is 176 Å². The summed E-state index contributed by atoms with van der Waals surface area (Å²) in [5.41, 5.74) is 27.3. The predicted molar refractivity (Wildman–Crippen MR) is 356 cm³/mol. The second-order valence-corrected chi connectivity index (χ2v) is 23.8. The van der Waals surface area contributed by atoms with Crippen molar-refractivity contribution in [2.75, 3.05) is 0 Å². The minimum Gasteiger partial charge on any atom is -0.455 e. The van der Waals surface area contributed by atoms with Crippen molar-refractivity contribution >= 4 is 87.2 Å². The predicted octanol–water partition coefficient (Wildman–Crippen LogP) is 22.6. The van der Waals surface area contributed by atoms with E-state index in [4.69, 9.17) is 8.83 Å². The van der Waals surface area contributed by atoms with E-state index in [9.17, 15) is 0 Å². The molecule has 0 bridgehead atoms. The average molecular weight is 1090 g/mol. The molecule has 0 amide bonds. The first-order valence-corrected chi connectivity index (χ1v) is 30.5. The second-order valence-electron chi connectivity index (χ2n) is 23.8. The zero-order valence-corrected chi connectivity index (χ0v) is 47.1. The topological polar surface area (TPSA) is 31.2 Å². The van der Waals surface area contributed by atoms with Crippen LogP contribution in [0.1, 0.15) is 47.9 Å². The summed E-state index contributed by atoms with van der Waals surface area (Å²) >= 11 is 0. The van der Waals surface area contributed by atoms with E-state index >= 15 is 0 Å². The SMILES string of the molecule is c1ccc(-c2c3ccccc3c(-c3ccc(-n4c5ccc(-c6cccc7c6oc6c(-c8cccc9c8CCCC9)cccc67)cc5c5cc(-c6cccc7c6oc6c(-c8cccc9c8CCCC9)cccc67)ccc54)cc3)c3ccccc23)cc1. The number of nitrogens with zero attached hydrogens (tertiary/aromatic N) is 1. The van der Waals surface area contributed by atoms with Crippen molar-refractivity contribution in [3.8, 4) is 72.4 Å². The smallest absolute Gasteiger partial charge is 0.143 e. The van der Waals surface area contributed by atoms with Crippen LogP contribution in [0.15, 0.2) is 258 Å².